The van der Waals surface area contributed by atoms with Gasteiger partial charge in [-0.05, 0) is 31.2 Å². The van der Waals surface area contributed by atoms with Crippen molar-refractivity contribution in [1.82, 2.24) is 4.98 Å². The van der Waals surface area contributed by atoms with E-state index in [4.69, 9.17) is 5.11 Å². The van der Waals surface area contributed by atoms with Crippen molar-refractivity contribution in [3.63, 3.8) is 0 Å². The summed E-state index contributed by atoms with van der Waals surface area (Å²) >= 11 is 0. The van der Waals surface area contributed by atoms with Crippen LogP contribution >= 0.6 is 0 Å². The zero-order chi connectivity index (χ0) is 13.3. The van der Waals surface area contributed by atoms with Crippen molar-refractivity contribution in [3.8, 4) is 5.75 Å². The highest BCUT2D eigenvalue weighted by molar-refractivity contribution is 6.04. The van der Waals surface area contributed by atoms with Gasteiger partial charge in [-0.25, -0.2) is 9.78 Å². The van der Waals surface area contributed by atoms with Crippen LogP contribution in [0, 0.1) is 6.92 Å². The number of hydrogen-bond acceptors (Lipinski definition) is 3. The maximum atomic E-state index is 12.2. The largest absolute Gasteiger partial charge is 0.478 e. The molecule has 0 radical (unpaired) electrons. The van der Waals surface area contributed by atoms with Gasteiger partial charge in [-0.1, -0.05) is 0 Å². The lowest BCUT2D eigenvalue weighted by molar-refractivity contribution is -0.0489. The number of aryl methyl sites for hydroxylation is 1. The number of benzene rings is 1. The summed E-state index contributed by atoms with van der Waals surface area (Å²) in [5, 5.41) is 9.28. The zero-order valence-electron chi connectivity index (χ0n) is 9.35. The van der Waals surface area contributed by atoms with E-state index in [1.54, 1.807) is 13.0 Å². The number of fused-ring (bicyclic) bond motifs is 1. The number of nitrogens with zero attached hydrogens (tertiary/aromatic N) is 1. The smallest absolute Gasteiger partial charge is 0.387 e. The van der Waals surface area contributed by atoms with Gasteiger partial charge in [-0.3, -0.25) is 0 Å². The highest BCUT2D eigenvalue weighted by Gasteiger charge is 2.15. The highest BCUT2D eigenvalue weighted by atomic mass is 19.3. The third-order valence-corrected chi connectivity index (χ3v) is 2.41. The van der Waals surface area contributed by atoms with E-state index in [1.165, 1.54) is 18.2 Å². The van der Waals surface area contributed by atoms with Crippen LogP contribution in [0.4, 0.5) is 8.78 Å². The molecule has 2 rings (SSSR count). The topological polar surface area (TPSA) is 59.4 Å². The van der Waals surface area contributed by atoms with Gasteiger partial charge in [0.15, 0.2) is 5.75 Å². The van der Waals surface area contributed by atoms with E-state index in [1.807, 2.05) is 0 Å². The fraction of sp³-hybridized carbons (Fsp3) is 0.167. The van der Waals surface area contributed by atoms with Crippen molar-refractivity contribution in [2.45, 2.75) is 13.5 Å². The number of hydrogen-bond donors (Lipinski definition) is 1. The summed E-state index contributed by atoms with van der Waals surface area (Å²) in [6.45, 7) is -1.30. The number of rotatable bonds is 3. The summed E-state index contributed by atoms with van der Waals surface area (Å²) in [5.41, 5.74) is 0.707. The second kappa shape index (κ2) is 4.56. The number of aromatic nitrogens is 1. The van der Waals surface area contributed by atoms with E-state index in [0.29, 0.717) is 5.69 Å². The average Bonchev–Trinajstić information content (AvgIpc) is 2.28. The Bertz CT molecular complexity index is 614. The van der Waals surface area contributed by atoms with Gasteiger partial charge in [0, 0.05) is 11.1 Å². The zero-order valence-corrected chi connectivity index (χ0v) is 9.35. The molecule has 18 heavy (non-hydrogen) atoms. The fourth-order valence-electron chi connectivity index (χ4n) is 1.67. The number of carboxylic acid groups (broad SMARTS) is 1. The van der Waals surface area contributed by atoms with Crippen LogP contribution in [0.25, 0.3) is 10.9 Å². The lowest BCUT2D eigenvalue weighted by Crippen LogP contribution is -2.05. The molecule has 0 aliphatic carbocycles. The molecule has 0 aliphatic rings. The van der Waals surface area contributed by atoms with Gasteiger partial charge in [-0.2, -0.15) is 8.78 Å². The molecule has 0 saturated carbocycles. The first-order valence-electron chi connectivity index (χ1n) is 5.07. The van der Waals surface area contributed by atoms with Crippen molar-refractivity contribution >= 4 is 16.9 Å². The number of aromatic carboxylic acids is 1. The molecule has 4 nitrogen and oxygen atoms in total. The number of carbonyl (C=O) groups is 1. The number of alkyl halides is 2. The quantitative estimate of drug-likeness (QED) is 0.913. The summed E-state index contributed by atoms with van der Waals surface area (Å²) in [5.74, 6) is -1.28. The predicted molar refractivity (Wildman–Crippen MR) is 60.1 cm³/mol. The summed E-state index contributed by atoms with van der Waals surface area (Å²) in [4.78, 5) is 15.1. The van der Waals surface area contributed by atoms with Gasteiger partial charge in [0.2, 0.25) is 0 Å². The van der Waals surface area contributed by atoms with Crippen LogP contribution in [-0.2, 0) is 0 Å². The summed E-state index contributed by atoms with van der Waals surface area (Å²) in [6, 6.07) is 5.55. The van der Waals surface area contributed by atoms with E-state index in [0.717, 1.165) is 0 Å². The summed E-state index contributed by atoms with van der Waals surface area (Å²) < 4.78 is 28.8. The predicted octanol–water partition coefficient (Wildman–Crippen LogP) is 2.84. The molecule has 1 heterocycles. The van der Waals surface area contributed by atoms with Crippen molar-refractivity contribution in [2.75, 3.05) is 0 Å². The van der Waals surface area contributed by atoms with Gasteiger partial charge >= 0.3 is 12.6 Å². The van der Waals surface area contributed by atoms with Crippen LogP contribution in [-0.4, -0.2) is 22.7 Å². The number of pyridine rings is 1. The molecular formula is C12H9F2NO3. The Balaban J connectivity index is 2.71. The maximum Gasteiger partial charge on any atom is 0.387 e. The lowest BCUT2D eigenvalue weighted by Gasteiger charge is -2.09. The molecule has 94 valence electrons. The third-order valence-electron chi connectivity index (χ3n) is 2.41. The molecule has 0 spiro atoms. The Morgan fingerprint density at radius 1 is 1.33 bits per heavy atom. The van der Waals surface area contributed by atoms with E-state index in [9.17, 15) is 13.6 Å². The fourth-order valence-corrected chi connectivity index (χ4v) is 1.67. The summed E-state index contributed by atoms with van der Waals surface area (Å²) in [6.07, 6.45) is 0. The molecule has 0 unspecified atom stereocenters. The number of carboxylic acids is 1. The van der Waals surface area contributed by atoms with Gasteiger partial charge < -0.3 is 9.84 Å². The van der Waals surface area contributed by atoms with Crippen LogP contribution < -0.4 is 4.74 Å². The summed E-state index contributed by atoms with van der Waals surface area (Å²) in [7, 11) is 0. The standard InChI is InChI=1S/C12H9F2NO3/c1-6-2-3-7-8(11(16)17)4-5-9(10(7)15-6)18-12(13)14/h2-5,12H,1H3,(H,16,17). The number of ether oxygens (including phenoxy) is 1. The van der Waals surface area contributed by atoms with Gasteiger partial charge in [0.25, 0.3) is 0 Å². The molecule has 0 bridgehead atoms. The molecule has 1 aromatic carbocycles. The third kappa shape index (κ3) is 2.22. The van der Waals surface area contributed by atoms with E-state index >= 15 is 0 Å². The monoisotopic (exact) mass is 253 g/mol. The SMILES string of the molecule is Cc1ccc2c(C(=O)O)ccc(OC(F)F)c2n1. The van der Waals surface area contributed by atoms with Crippen LogP contribution in [0.3, 0.4) is 0 Å². The molecule has 6 heteroatoms. The molecule has 2 aromatic rings. The van der Waals surface area contributed by atoms with Crippen molar-refractivity contribution in [2.24, 2.45) is 0 Å². The number of halogens is 2. The molecule has 0 atom stereocenters. The van der Waals surface area contributed by atoms with Crippen molar-refractivity contribution in [1.29, 1.82) is 0 Å². The second-order valence-corrected chi connectivity index (χ2v) is 3.64. The Morgan fingerprint density at radius 2 is 2.06 bits per heavy atom. The van der Waals surface area contributed by atoms with Crippen LogP contribution in [0.1, 0.15) is 16.1 Å². The Labute approximate surface area is 101 Å². The van der Waals surface area contributed by atoms with Crippen LogP contribution in [0.5, 0.6) is 5.75 Å². The lowest BCUT2D eigenvalue weighted by atomic mass is 10.1. The normalized spacial score (nSPS) is 10.9. The molecule has 1 N–H and O–H groups in total. The second-order valence-electron chi connectivity index (χ2n) is 3.64. The Hall–Kier alpha value is -2.24. The average molecular weight is 253 g/mol. The first kappa shape index (κ1) is 12.2. The van der Waals surface area contributed by atoms with Gasteiger partial charge in [0.1, 0.15) is 5.52 Å². The van der Waals surface area contributed by atoms with E-state index in [2.05, 4.69) is 9.72 Å². The van der Waals surface area contributed by atoms with Crippen molar-refractivity contribution in [3.05, 3.63) is 35.5 Å². The minimum absolute atomic E-state index is 0.000818. The molecule has 0 saturated heterocycles. The minimum atomic E-state index is -2.98. The first-order chi connectivity index (χ1) is 8.49. The highest BCUT2D eigenvalue weighted by Crippen LogP contribution is 2.28. The van der Waals surface area contributed by atoms with Gasteiger partial charge in [-0.15, -0.1) is 0 Å². The Kier molecular flexibility index (Phi) is 3.10. The molecule has 0 amide bonds. The Morgan fingerprint density at radius 3 is 2.67 bits per heavy atom. The first-order valence-corrected chi connectivity index (χ1v) is 5.07. The molecule has 1 aromatic heterocycles. The van der Waals surface area contributed by atoms with Crippen molar-refractivity contribution < 1.29 is 23.4 Å². The van der Waals surface area contributed by atoms with Crippen LogP contribution in [0.2, 0.25) is 0 Å². The maximum absolute atomic E-state index is 12.2. The van der Waals surface area contributed by atoms with E-state index in [-0.39, 0.29) is 22.2 Å². The van der Waals surface area contributed by atoms with Crippen LogP contribution in [0.15, 0.2) is 24.3 Å². The van der Waals surface area contributed by atoms with E-state index < -0.39 is 12.6 Å². The molecule has 0 aliphatic heterocycles. The van der Waals surface area contributed by atoms with Gasteiger partial charge in [0.05, 0.1) is 5.56 Å². The minimum Gasteiger partial charge on any atom is -0.478 e. The molecular weight excluding hydrogens is 244 g/mol. The molecule has 0 fully saturated rings.